The highest BCUT2D eigenvalue weighted by Gasteiger charge is 2.45. The second kappa shape index (κ2) is 6.03. The number of β-amino-alcohol motifs (C(OH)–C–C–N with tert-alkyl or cyclic N) is 1. The molecule has 2 rings (SSSR count). The van der Waals surface area contributed by atoms with E-state index in [-0.39, 0.29) is 18.4 Å². The van der Waals surface area contributed by atoms with Crippen molar-refractivity contribution in [2.75, 3.05) is 19.7 Å². The monoisotopic (exact) mass is 405 g/mol. The lowest BCUT2D eigenvalue weighted by Gasteiger charge is -2.48. The number of halogens is 2. The highest BCUT2D eigenvalue weighted by atomic mass is 79.9. The molecule has 1 amide bonds. The summed E-state index contributed by atoms with van der Waals surface area (Å²) < 4.78 is 7.23. The molecule has 0 aromatic heterocycles. The molecular weight excluding hydrogens is 390 g/mol. The van der Waals surface area contributed by atoms with Gasteiger partial charge in [0, 0.05) is 4.47 Å². The van der Waals surface area contributed by atoms with E-state index in [2.05, 4.69) is 31.9 Å². The minimum Gasteiger partial charge on any atom is -0.483 e. The van der Waals surface area contributed by atoms with E-state index in [0.29, 0.717) is 18.8 Å². The van der Waals surface area contributed by atoms with E-state index in [4.69, 9.17) is 4.74 Å². The molecule has 20 heavy (non-hydrogen) atoms. The van der Waals surface area contributed by atoms with E-state index < -0.39 is 5.60 Å². The molecule has 0 bridgehead atoms. The fourth-order valence-electron chi connectivity index (χ4n) is 1.98. The lowest BCUT2D eigenvalue weighted by molar-refractivity contribution is -0.165. The molecule has 1 aliphatic heterocycles. The summed E-state index contributed by atoms with van der Waals surface area (Å²) in [6, 6.07) is 5.51. The standard InChI is InChI=1S/C14H17Br2NO3/c1-9(2)14(19)7-17(8-14)13(18)6-20-12-4-3-10(15)5-11(12)16/h3-5,9,19H,6-8H2,1-2H3. The minimum atomic E-state index is -0.742. The molecule has 0 atom stereocenters. The Hall–Kier alpha value is -0.590. The van der Waals surface area contributed by atoms with E-state index in [1.54, 1.807) is 11.0 Å². The summed E-state index contributed by atoms with van der Waals surface area (Å²) in [5.74, 6) is 0.666. The smallest absolute Gasteiger partial charge is 0.260 e. The Bertz CT molecular complexity index is 513. The van der Waals surface area contributed by atoms with Crippen LogP contribution in [-0.2, 0) is 4.79 Å². The predicted molar refractivity (Wildman–Crippen MR) is 83.7 cm³/mol. The summed E-state index contributed by atoms with van der Waals surface area (Å²) >= 11 is 6.74. The second-order valence-corrected chi connectivity index (χ2v) is 7.14. The Kier molecular flexibility index (Phi) is 4.76. The van der Waals surface area contributed by atoms with Crippen LogP contribution in [0.3, 0.4) is 0 Å². The Balaban J connectivity index is 1.85. The molecule has 6 heteroatoms. The van der Waals surface area contributed by atoms with Gasteiger partial charge in [-0.15, -0.1) is 0 Å². The van der Waals surface area contributed by atoms with Crippen molar-refractivity contribution in [2.45, 2.75) is 19.4 Å². The number of carbonyl (C=O) groups excluding carboxylic acids is 1. The molecule has 1 aromatic carbocycles. The first-order chi connectivity index (χ1) is 9.32. The predicted octanol–water partition coefficient (Wildman–Crippen LogP) is 2.82. The lowest BCUT2D eigenvalue weighted by atomic mass is 9.83. The average molecular weight is 407 g/mol. The third-order valence-corrected chi connectivity index (χ3v) is 4.71. The molecule has 1 fully saturated rings. The molecule has 0 saturated carbocycles. The molecule has 0 aliphatic carbocycles. The summed E-state index contributed by atoms with van der Waals surface area (Å²) in [7, 11) is 0. The first-order valence-corrected chi connectivity index (χ1v) is 7.98. The number of aliphatic hydroxyl groups is 1. The van der Waals surface area contributed by atoms with Gasteiger partial charge in [0.05, 0.1) is 17.6 Å². The van der Waals surface area contributed by atoms with Crippen LogP contribution in [0, 0.1) is 5.92 Å². The summed E-state index contributed by atoms with van der Waals surface area (Å²) in [6.07, 6.45) is 0. The van der Waals surface area contributed by atoms with E-state index in [0.717, 1.165) is 8.95 Å². The van der Waals surface area contributed by atoms with Gasteiger partial charge < -0.3 is 14.7 Å². The Morgan fingerprint density at radius 1 is 1.45 bits per heavy atom. The van der Waals surface area contributed by atoms with Gasteiger partial charge in [-0.1, -0.05) is 29.8 Å². The number of likely N-dealkylation sites (tertiary alicyclic amines) is 1. The third-order valence-electron chi connectivity index (χ3n) is 3.60. The van der Waals surface area contributed by atoms with Crippen molar-refractivity contribution in [3.63, 3.8) is 0 Å². The highest BCUT2D eigenvalue weighted by molar-refractivity contribution is 9.11. The van der Waals surface area contributed by atoms with E-state index in [1.165, 1.54) is 0 Å². The van der Waals surface area contributed by atoms with Crippen LogP contribution in [0.4, 0.5) is 0 Å². The second-order valence-electron chi connectivity index (χ2n) is 5.37. The van der Waals surface area contributed by atoms with Gasteiger partial charge in [-0.25, -0.2) is 0 Å². The summed E-state index contributed by atoms with van der Waals surface area (Å²) in [5, 5.41) is 10.1. The molecule has 110 valence electrons. The third kappa shape index (κ3) is 3.35. The lowest BCUT2D eigenvalue weighted by Crippen LogP contribution is -2.66. The number of benzene rings is 1. The van der Waals surface area contributed by atoms with Gasteiger partial charge in [0.25, 0.3) is 5.91 Å². The van der Waals surface area contributed by atoms with Crippen molar-refractivity contribution in [3.05, 3.63) is 27.1 Å². The zero-order valence-electron chi connectivity index (χ0n) is 11.4. The molecule has 0 spiro atoms. The maximum absolute atomic E-state index is 12.0. The molecule has 0 unspecified atom stereocenters. The number of carbonyl (C=O) groups is 1. The largest absolute Gasteiger partial charge is 0.483 e. The van der Waals surface area contributed by atoms with Crippen LogP contribution >= 0.6 is 31.9 Å². The van der Waals surface area contributed by atoms with Gasteiger partial charge in [-0.2, -0.15) is 0 Å². The van der Waals surface area contributed by atoms with Crippen molar-refractivity contribution in [1.82, 2.24) is 4.90 Å². The van der Waals surface area contributed by atoms with Crippen LogP contribution in [-0.4, -0.2) is 41.2 Å². The number of rotatable bonds is 4. The first-order valence-electron chi connectivity index (χ1n) is 6.40. The van der Waals surface area contributed by atoms with E-state index in [1.807, 2.05) is 26.0 Å². The number of hydrogen-bond acceptors (Lipinski definition) is 3. The van der Waals surface area contributed by atoms with Crippen LogP contribution in [0.1, 0.15) is 13.8 Å². The Morgan fingerprint density at radius 3 is 2.65 bits per heavy atom. The fourth-order valence-corrected chi connectivity index (χ4v) is 3.14. The molecule has 0 radical (unpaired) electrons. The van der Waals surface area contributed by atoms with Crippen molar-refractivity contribution in [2.24, 2.45) is 5.92 Å². The van der Waals surface area contributed by atoms with Crippen LogP contribution < -0.4 is 4.74 Å². The number of amides is 1. The van der Waals surface area contributed by atoms with Crippen molar-refractivity contribution >= 4 is 37.8 Å². The zero-order valence-corrected chi connectivity index (χ0v) is 14.6. The summed E-state index contributed by atoms with van der Waals surface area (Å²) in [4.78, 5) is 13.6. The number of ether oxygens (including phenoxy) is 1. The minimum absolute atomic E-state index is 0.0194. The maximum atomic E-state index is 12.0. The van der Waals surface area contributed by atoms with Gasteiger partial charge in [-0.3, -0.25) is 4.79 Å². The normalized spacial score (nSPS) is 17.0. The Labute approximate surface area is 135 Å². The molecule has 1 saturated heterocycles. The van der Waals surface area contributed by atoms with Gasteiger partial charge >= 0.3 is 0 Å². The molecule has 1 aromatic rings. The van der Waals surface area contributed by atoms with Crippen molar-refractivity contribution < 1.29 is 14.6 Å². The molecule has 1 heterocycles. The molecule has 1 aliphatic rings. The van der Waals surface area contributed by atoms with Crippen LogP contribution in [0.5, 0.6) is 5.75 Å². The van der Waals surface area contributed by atoms with Gasteiger partial charge in [0.1, 0.15) is 11.4 Å². The fraction of sp³-hybridized carbons (Fsp3) is 0.500. The topological polar surface area (TPSA) is 49.8 Å². The van der Waals surface area contributed by atoms with Gasteiger partial charge in [0.2, 0.25) is 0 Å². The van der Waals surface area contributed by atoms with E-state index in [9.17, 15) is 9.90 Å². The van der Waals surface area contributed by atoms with Crippen molar-refractivity contribution in [3.8, 4) is 5.75 Å². The average Bonchev–Trinajstić information content (AvgIpc) is 2.33. The van der Waals surface area contributed by atoms with Gasteiger partial charge in [-0.05, 0) is 40.0 Å². The molecular formula is C14H17Br2NO3. The number of hydrogen-bond donors (Lipinski definition) is 1. The summed E-state index contributed by atoms with van der Waals surface area (Å²) in [5.41, 5.74) is -0.742. The van der Waals surface area contributed by atoms with E-state index >= 15 is 0 Å². The SMILES string of the molecule is CC(C)C1(O)CN(C(=O)COc2ccc(Br)cc2Br)C1. The quantitative estimate of drug-likeness (QED) is 0.836. The first kappa shape index (κ1) is 15.8. The Morgan fingerprint density at radius 2 is 2.10 bits per heavy atom. The zero-order chi connectivity index (χ0) is 14.9. The number of nitrogens with zero attached hydrogens (tertiary/aromatic N) is 1. The highest BCUT2D eigenvalue weighted by Crippen LogP contribution is 2.30. The maximum Gasteiger partial charge on any atom is 0.260 e. The molecule has 4 nitrogen and oxygen atoms in total. The van der Waals surface area contributed by atoms with Crippen LogP contribution in [0.25, 0.3) is 0 Å². The van der Waals surface area contributed by atoms with Crippen LogP contribution in [0.2, 0.25) is 0 Å². The summed E-state index contributed by atoms with van der Waals surface area (Å²) in [6.45, 7) is 4.66. The van der Waals surface area contributed by atoms with Crippen molar-refractivity contribution in [1.29, 1.82) is 0 Å². The molecule has 1 N–H and O–H groups in total. The van der Waals surface area contributed by atoms with Crippen LogP contribution in [0.15, 0.2) is 27.1 Å². The van der Waals surface area contributed by atoms with Gasteiger partial charge in [0.15, 0.2) is 6.61 Å².